The van der Waals surface area contributed by atoms with Crippen molar-refractivity contribution in [2.45, 2.75) is 26.2 Å². The molecule has 1 aromatic heterocycles. The van der Waals surface area contributed by atoms with Gasteiger partial charge in [-0.15, -0.1) is 11.3 Å². The summed E-state index contributed by atoms with van der Waals surface area (Å²) in [6.45, 7) is 2.64. The largest absolute Gasteiger partial charge is 0.369 e. The van der Waals surface area contributed by atoms with Crippen molar-refractivity contribution < 1.29 is 18.8 Å². The minimum absolute atomic E-state index is 0.197. The number of anilines is 1. The van der Waals surface area contributed by atoms with Crippen molar-refractivity contribution in [1.82, 2.24) is 9.88 Å². The number of hydrogen-bond donors (Lipinski definition) is 2. The second-order valence-corrected chi connectivity index (χ2v) is 9.38. The van der Waals surface area contributed by atoms with Gasteiger partial charge in [-0.2, -0.15) is 0 Å². The number of aryl methyl sites for hydroxylation is 1. The smallest absolute Gasteiger partial charge is 0.267 e. The van der Waals surface area contributed by atoms with Crippen LogP contribution in [0.25, 0.3) is 0 Å². The lowest BCUT2D eigenvalue weighted by atomic mass is 9.95. The number of piperidine rings is 1. The number of carbonyl (C=O) groups excluding carboxylic acids is 3. The van der Waals surface area contributed by atoms with E-state index in [0.29, 0.717) is 54.2 Å². The molecule has 0 spiro atoms. The number of nitrogens with two attached hydrogens (primary N) is 1. The molecule has 3 amide bonds. The molecule has 3 N–H and O–H groups in total. The molecule has 1 saturated heterocycles. The molecule has 34 heavy (non-hydrogen) atoms. The van der Waals surface area contributed by atoms with E-state index in [1.807, 2.05) is 0 Å². The quantitative estimate of drug-likeness (QED) is 0.560. The number of nitrogens with one attached hydrogen (secondary N) is 1. The van der Waals surface area contributed by atoms with Crippen molar-refractivity contribution in [2.75, 3.05) is 18.4 Å². The van der Waals surface area contributed by atoms with Crippen LogP contribution in [0.1, 0.15) is 49.1 Å². The lowest BCUT2D eigenvalue weighted by Gasteiger charge is -2.31. The predicted molar refractivity (Wildman–Crippen MR) is 128 cm³/mol. The molecule has 0 saturated carbocycles. The number of likely N-dealkylation sites (tertiary alicyclic amines) is 1. The zero-order chi connectivity index (χ0) is 24.2. The van der Waals surface area contributed by atoms with E-state index in [4.69, 9.17) is 5.73 Å². The molecule has 176 valence electrons. The third-order valence-electron chi connectivity index (χ3n) is 5.91. The van der Waals surface area contributed by atoms with E-state index in [2.05, 4.69) is 10.3 Å². The van der Waals surface area contributed by atoms with E-state index >= 15 is 0 Å². The fourth-order valence-electron chi connectivity index (χ4n) is 4.01. The van der Waals surface area contributed by atoms with Gasteiger partial charge in [-0.25, -0.2) is 9.37 Å². The van der Waals surface area contributed by atoms with Crippen LogP contribution in [0.3, 0.4) is 0 Å². The van der Waals surface area contributed by atoms with Gasteiger partial charge < -0.3 is 16.0 Å². The first-order valence-electron chi connectivity index (χ1n) is 11.0. The van der Waals surface area contributed by atoms with Crippen molar-refractivity contribution in [3.8, 4) is 0 Å². The molecule has 3 aromatic rings. The first-order valence-corrected chi connectivity index (χ1v) is 11.8. The standard InChI is InChI=1S/C25H25FN4O3S/c1-15-22(34-21(28-15)14-16-6-8-18(26)9-7-16)24(32)29-20-5-3-2-4-19(20)25(33)30-12-10-17(11-13-30)23(27)31/h2-9,17H,10-14H2,1H3,(H2,27,31)(H,29,32). The molecule has 0 atom stereocenters. The molecule has 2 aromatic carbocycles. The molecule has 0 bridgehead atoms. The molecule has 0 unspecified atom stereocenters. The average molecular weight is 481 g/mol. The Hall–Kier alpha value is -3.59. The average Bonchev–Trinajstić information content (AvgIpc) is 3.20. The van der Waals surface area contributed by atoms with Crippen molar-refractivity contribution >= 4 is 34.7 Å². The number of rotatable bonds is 6. The highest BCUT2D eigenvalue weighted by Gasteiger charge is 2.28. The maximum atomic E-state index is 13.2. The lowest BCUT2D eigenvalue weighted by molar-refractivity contribution is -0.123. The monoisotopic (exact) mass is 480 g/mol. The Morgan fingerprint density at radius 2 is 1.79 bits per heavy atom. The number of nitrogens with zero attached hydrogens (tertiary/aromatic N) is 2. The van der Waals surface area contributed by atoms with Gasteiger partial charge in [0.2, 0.25) is 5.91 Å². The number of carbonyl (C=O) groups is 3. The molecule has 1 aliphatic heterocycles. The highest BCUT2D eigenvalue weighted by atomic mass is 32.1. The van der Waals surface area contributed by atoms with Gasteiger partial charge in [0.05, 0.1) is 22.0 Å². The van der Waals surface area contributed by atoms with Gasteiger partial charge in [-0.05, 0) is 49.6 Å². The molecular weight excluding hydrogens is 455 g/mol. The van der Waals surface area contributed by atoms with Crippen molar-refractivity contribution in [2.24, 2.45) is 11.7 Å². The Kier molecular flexibility index (Phi) is 7.02. The van der Waals surface area contributed by atoms with Crippen molar-refractivity contribution in [1.29, 1.82) is 0 Å². The zero-order valence-corrected chi connectivity index (χ0v) is 19.5. The van der Waals surface area contributed by atoms with E-state index in [1.54, 1.807) is 48.2 Å². The van der Waals surface area contributed by atoms with E-state index in [1.165, 1.54) is 23.5 Å². The Bertz CT molecular complexity index is 1220. The summed E-state index contributed by atoms with van der Waals surface area (Å²) < 4.78 is 13.2. The number of aromatic nitrogens is 1. The van der Waals surface area contributed by atoms with Gasteiger partial charge in [0.25, 0.3) is 11.8 Å². The van der Waals surface area contributed by atoms with Gasteiger partial charge in [0.15, 0.2) is 0 Å². The zero-order valence-electron chi connectivity index (χ0n) is 18.7. The van der Waals surface area contributed by atoms with Crippen LogP contribution in [0, 0.1) is 18.7 Å². The number of benzene rings is 2. The fourth-order valence-corrected chi connectivity index (χ4v) is 5.00. The normalized spacial score (nSPS) is 14.1. The van der Waals surface area contributed by atoms with E-state index < -0.39 is 0 Å². The second kappa shape index (κ2) is 10.1. The van der Waals surface area contributed by atoms with E-state index in [0.717, 1.165) is 10.6 Å². The molecule has 9 heteroatoms. The summed E-state index contributed by atoms with van der Waals surface area (Å²) in [7, 11) is 0. The third kappa shape index (κ3) is 5.31. The fraction of sp³-hybridized carbons (Fsp3) is 0.280. The first-order chi connectivity index (χ1) is 16.3. The Balaban J connectivity index is 1.47. The maximum Gasteiger partial charge on any atom is 0.267 e. The number of amides is 3. The molecule has 2 heterocycles. The molecule has 0 aliphatic carbocycles. The Morgan fingerprint density at radius 3 is 2.47 bits per heavy atom. The molecule has 7 nitrogen and oxygen atoms in total. The summed E-state index contributed by atoms with van der Waals surface area (Å²) in [5, 5.41) is 3.61. The highest BCUT2D eigenvalue weighted by Crippen LogP contribution is 2.25. The molecular formula is C25H25FN4O3S. The van der Waals surface area contributed by atoms with Crippen molar-refractivity contribution in [3.05, 3.63) is 81.1 Å². The van der Waals surface area contributed by atoms with Crippen LogP contribution in [0.5, 0.6) is 0 Å². The summed E-state index contributed by atoms with van der Waals surface area (Å²) >= 11 is 1.28. The predicted octanol–water partition coefficient (Wildman–Crippen LogP) is 3.77. The van der Waals surface area contributed by atoms with Crippen LogP contribution >= 0.6 is 11.3 Å². The summed E-state index contributed by atoms with van der Waals surface area (Å²) in [6.07, 6.45) is 1.56. The molecule has 0 radical (unpaired) electrons. The van der Waals surface area contributed by atoms with Crippen LogP contribution in [-0.4, -0.2) is 40.7 Å². The topological polar surface area (TPSA) is 105 Å². The Labute approximate surface area is 200 Å². The van der Waals surface area contributed by atoms with E-state index in [9.17, 15) is 18.8 Å². The summed E-state index contributed by atoms with van der Waals surface area (Å²) in [5.41, 5.74) is 7.69. The van der Waals surface area contributed by atoms with Crippen LogP contribution in [0.4, 0.5) is 10.1 Å². The number of para-hydroxylation sites is 1. The van der Waals surface area contributed by atoms with Gasteiger partial charge in [0.1, 0.15) is 10.7 Å². The molecule has 4 rings (SSSR count). The van der Waals surface area contributed by atoms with Crippen LogP contribution < -0.4 is 11.1 Å². The Morgan fingerprint density at radius 1 is 1.12 bits per heavy atom. The number of hydrogen-bond acceptors (Lipinski definition) is 5. The van der Waals surface area contributed by atoms with Gasteiger partial charge in [-0.3, -0.25) is 14.4 Å². The first kappa shape index (κ1) is 23.6. The highest BCUT2D eigenvalue weighted by molar-refractivity contribution is 7.14. The van der Waals surface area contributed by atoms with Gasteiger partial charge in [0, 0.05) is 25.4 Å². The van der Waals surface area contributed by atoms with Crippen LogP contribution in [0.2, 0.25) is 0 Å². The minimum Gasteiger partial charge on any atom is -0.369 e. The van der Waals surface area contributed by atoms with Gasteiger partial charge >= 0.3 is 0 Å². The van der Waals surface area contributed by atoms with Crippen LogP contribution in [-0.2, 0) is 11.2 Å². The summed E-state index contributed by atoms with van der Waals surface area (Å²) in [5.74, 6) is -1.38. The number of primary amides is 1. The molecule has 1 aliphatic rings. The SMILES string of the molecule is Cc1nc(Cc2ccc(F)cc2)sc1C(=O)Nc1ccccc1C(=O)N1CCC(C(N)=O)CC1. The minimum atomic E-state index is -0.340. The lowest BCUT2D eigenvalue weighted by Crippen LogP contribution is -2.42. The maximum absolute atomic E-state index is 13.2. The molecule has 1 fully saturated rings. The van der Waals surface area contributed by atoms with Crippen molar-refractivity contribution in [3.63, 3.8) is 0 Å². The summed E-state index contributed by atoms with van der Waals surface area (Å²) in [4.78, 5) is 44.2. The second-order valence-electron chi connectivity index (χ2n) is 8.29. The number of thiazole rings is 1. The van der Waals surface area contributed by atoms with Gasteiger partial charge in [-0.1, -0.05) is 24.3 Å². The van der Waals surface area contributed by atoms with Crippen LogP contribution in [0.15, 0.2) is 48.5 Å². The third-order valence-corrected chi connectivity index (χ3v) is 7.06. The van der Waals surface area contributed by atoms with E-state index in [-0.39, 0.29) is 29.5 Å². The number of halogens is 1. The summed E-state index contributed by atoms with van der Waals surface area (Å²) in [6, 6.07) is 13.1.